The van der Waals surface area contributed by atoms with Crippen molar-refractivity contribution in [3.8, 4) is 0 Å². The SMILES string of the molecule is Cc1ccc(CNC(=O)C(=O)Nc2cc3c4c(c2)[C@@H](C)C(=O)N4CCC3)cc1. The molecule has 0 unspecified atom stereocenters. The average Bonchev–Trinajstić information content (AvgIpc) is 2.94. The monoisotopic (exact) mass is 377 g/mol. The molecule has 0 aliphatic carbocycles. The third-order valence-electron chi connectivity index (χ3n) is 5.46. The molecule has 2 aliphatic rings. The molecule has 2 aromatic rings. The van der Waals surface area contributed by atoms with E-state index in [1.165, 1.54) is 0 Å². The largest absolute Gasteiger partial charge is 0.344 e. The van der Waals surface area contributed by atoms with Crippen LogP contribution in [0.15, 0.2) is 36.4 Å². The highest BCUT2D eigenvalue weighted by Crippen LogP contribution is 2.44. The van der Waals surface area contributed by atoms with E-state index in [4.69, 9.17) is 0 Å². The first-order chi connectivity index (χ1) is 13.4. The smallest absolute Gasteiger partial charge is 0.313 e. The molecule has 0 fully saturated rings. The number of hydrogen-bond acceptors (Lipinski definition) is 3. The van der Waals surface area contributed by atoms with Gasteiger partial charge in [0.15, 0.2) is 0 Å². The van der Waals surface area contributed by atoms with Gasteiger partial charge in [-0.3, -0.25) is 14.4 Å². The van der Waals surface area contributed by atoms with Gasteiger partial charge in [-0.1, -0.05) is 29.8 Å². The van der Waals surface area contributed by atoms with E-state index in [1.807, 2.05) is 55.1 Å². The number of nitrogens with zero attached hydrogens (tertiary/aromatic N) is 1. The number of carbonyl (C=O) groups is 3. The molecule has 1 atom stereocenters. The van der Waals surface area contributed by atoms with E-state index in [0.717, 1.165) is 47.3 Å². The van der Waals surface area contributed by atoms with E-state index >= 15 is 0 Å². The second kappa shape index (κ2) is 7.11. The Morgan fingerprint density at radius 2 is 1.89 bits per heavy atom. The number of benzene rings is 2. The van der Waals surface area contributed by atoms with Gasteiger partial charge in [-0.2, -0.15) is 0 Å². The minimum absolute atomic E-state index is 0.107. The van der Waals surface area contributed by atoms with Crippen molar-refractivity contribution in [3.05, 3.63) is 58.7 Å². The summed E-state index contributed by atoms with van der Waals surface area (Å²) in [5.74, 6) is -1.50. The van der Waals surface area contributed by atoms with Crippen molar-refractivity contribution in [1.82, 2.24) is 5.32 Å². The highest BCUT2D eigenvalue weighted by molar-refractivity contribution is 6.39. The Morgan fingerprint density at radius 3 is 2.64 bits per heavy atom. The van der Waals surface area contributed by atoms with Crippen LogP contribution in [0.25, 0.3) is 0 Å². The lowest BCUT2D eigenvalue weighted by Crippen LogP contribution is -2.35. The lowest BCUT2D eigenvalue weighted by atomic mass is 9.96. The van der Waals surface area contributed by atoms with Crippen molar-refractivity contribution >= 4 is 29.1 Å². The third-order valence-corrected chi connectivity index (χ3v) is 5.46. The summed E-state index contributed by atoms with van der Waals surface area (Å²) >= 11 is 0. The predicted octanol–water partition coefficient (Wildman–Crippen LogP) is 2.65. The van der Waals surface area contributed by atoms with Gasteiger partial charge in [0, 0.05) is 18.8 Å². The number of amides is 3. The molecule has 0 radical (unpaired) electrons. The molecule has 0 spiro atoms. The standard InChI is InChI=1S/C22H23N3O3/c1-13-5-7-15(8-6-13)12-23-20(26)21(27)24-17-10-16-4-3-9-25-19(16)18(11-17)14(2)22(25)28/h5-8,10-11,14H,3-4,9,12H2,1-2H3,(H,23,26)(H,24,27)/t14-/m1/s1. The molecule has 0 aromatic heterocycles. The minimum Gasteiger partial charge on any atom is -0.344 e. The van der Waals surface area contributed by atoms with Gasteiger partial charge in [-0.25, -0.2) is 0 Å². The van der Waals surface area contributed by atoms with Gasteiger partial charge in [0.25, 0.3) is 0 Å². The first-order valence-electron chi connectivity index (χ1n) is 9.57. The van der Waals surface area contributed by atoms with Crippen molar-refractivity contribution < 1.29 is 14.4 Å². The third kappa shape index (κ3) is 3.26. The zero-order chi connectivity index (χ0) is 19.8. The number of hydrogen-bond donors (Lipinski definition) is 2. The van der Waals surface area contributed by atoms with E-state index in [2.05, 4.69) is 10.6 Å². The summed E-state index contributed by atoms with van der Waals surface area (Å²) in [5.41, 5.74) is 5.60. The Hall–Kier alpha value is -3.15. The molecule has 28 heavy (non-hydrogen) atoms. The molecule has 6 nitrogen and oxygen atoms in total. The van der Waals surface area contributed by atoms with Crippen molar-refractivity contribution in [2.45, 2.75) is 39.2 Å². The van der Waals surface area contributed by atoms with Crippen LogP contribution in [-0.2, 0) is 27.3 Å². The van der Waals surface area contributed by atoms with E-state index in [1.54, 1.807) is 0 Å². The van der Waals surface area contributed by atoms with Crippen LogP contribution in [0.5, 0.6) is 0 Å². The van der Waals surface area contributed by atoms with E-state index in [9.17, 15) is 14.4 Å². The number of nitrogens with one attached hydrogen (secondary N) is 2. The summed E-state index contributed by atoms with van der Waals surface area (Å²) in [4.78, 5) is 38.8. The second-order valence-electron chi connectivity index (χ2n) is 7.51. The van der Waals surface area contributed by atoms with Crippen molar-refractivity contribution in [2.75, 3.05) is 16.8 Å². The van der Waals surface area contributed by atoms with Crippen LogP contribution >= 0.6 is 0 Å². The molecule has 144 valence electrons. The van der Waals surface area contributed by atoms with Crippen LogP contribution in [0.3, 0.4) is 0 Å². The highest BCUT2D eigenvalue weighted by Gasteiger charge is 2.38. The number of carbonyl (C=O) groups excluding carboxylic acids is 3. The molecule has 0 bridgehead atoms. The van der Waals surface area contributed by atoms with Crippen molar-refractivity contribution in [2.24, 2.45) is 0 Å². The number of rotatable bonds is 3. The van der Waals surface area contributed by atoms with Crippen LogP contribution in [-0.4, -0.2) is 24.3 Å². The van der Waals surface area contributed by atoms with Gasteiger partial charge in [0.2, 0.25) is 5.91 Å². The molecule has 2 heterocycles. The summed E-state index contributed by atoms with van der Waals surface area (Å²) in [6.07, 6.45) is 1.77. The Morgan fingerprint density at radius 1 is 1.14 bits per heavy atom. The lowest BCUT2D eigenvalue weighted by Gasteiger charge is -2.26. The van der Waals surface area contributed by atoms with Gasteiger partial charge in [-0.15, -0.1) is 0 Å². The fraction of sp³-hybridized carbons (Fsp3) is 0.318. The van der Waals surface area contributed by atoms with E-state index in [-0.39, 0.29) is 11.8 Å². The molecule has 4 rings (SSSR count). The first kappa shape index (κ1) is 18.2. The second-order valence-corrected chi connectivity index (χ2v) is 7.51. The van der Waals surface area contributed by atoms with Crippen molar-refractivity contribution in [3.63, 3.8) is 0 Å². The fourth-order valence-corrected chi connectivity index (χ4v) is 3.92. The normalized spacial score (nSPS) is 17.3. The average molecular weight is 377 g/mol. The molecular weight excluding hydrogens is 354 g/mol. The molecule has 2 N–H and O–H groups in total. The lowest BCUT2D eigenvalue weighted by molar-refractivity contribution is -0.136. The first-order valence-corrected chi connectivity index (χ1v) is 9.57. The Balaban J connectivity index is 1.46. The van der Waals surface area contributed by atoms with Crippen LogP contribution in [0.2, 0.25) is 0 Å². The maximum absolute atomic E-state index is 12.4. The van der Waals surface area contributed by atoms with Gasteiger partial charge >= 0.3 is 11.8 Å². The summed E-state index contributed by atoms with van der Waals surface area (Å²) < 4.78 is 0. The summed E-state index contributed by atoms with van der Waals surface area (Å²) in [5, 5.41) is 5.33. The fourth-order valence-electron chi connectivity index (χ4n) is 3.92. The number of anilines is 2. The maximum atomic E-state index is 12.4. The van der Waals surface area contributed by atoms with Gasteiger partial charge < -0.3 is 15.5 Å². The Bertz CT molecular complexity index is 966. The van der Waals surface area contributed by atoms with Gasteiger partial charge in [0.05, 0.1) is 11.6 Å². The molecule has 6 heteroatoms. The quantitative estimate of drug-likeness (QED) is 0.807. The van der Waals surface area contributed by atoms with Crippen LogP contribution in [0.1, 0.15) is 41.5 Å². The van der Waals surface area contributed by atoms with Crippen LogP contribution in [0, 0.1) is 6.92 Å². The van der Waals surface area contributed by atoms with E-state index < -0.39 is 11.8 Å². The molecule has 2 aromatic carbocycles. The Labute approximate surface area is 163 Å². The summed E-state index contributed by atoms with van der Waals surface area (Å²) in [6, 6.07) is 11.5. The molecule has 0 saturated carbocycles. The van der Waals surface area contributed by atoms with Gasteiger partial charge in [0.1, 0.15) is 0 Å². The van der Waals surface area contributed by atoms with Crippen molar-refractivity contribution in [1.29, 1.82) is 0 Å². The van der Waals surface area contributed by atoms with Crippen LogP contribution < -0.4 is 15.5 Å². The predicted molar refractivity (Wildman–Crippen MR) is 107 cm³/mol. The zero-order valence-electron chi connectivity index (χ0n) is 16.0. The Kier molecular flexibility index (Phi) is 4.63. The van der Waals surface area contributed by atoms with Gasteiger partial charge in [-0.05, 0) is 55.5 Å². The number of aryl methyl sites for hydroxylation is 2. The van der Waals surface area contributed by atoms with Crippen LogP contribution in [0.4, 0.5) is 11.4 Å². The topological polar surface area (TPSA) is 78.5 Å². The minimum atomic E-state index is -0.705. The van der Waals surface area contributed by atoms with E-state index in [0.29, 0.717) is 12.2 Å². The maximum Gasteiger partial charge on any atom is 0.313 e. The zero-order valence-corrected chi connectivity index (χ0v) is 16.0. The summed E-state index contributed by atoms with van der Waals surface area (Å²) in [7, 11) is 0. The molecule has 0 saturated heterocycles. The summed E-state index contributed by atoms with van der Waals surface area (Å²) in [6.45, 7) is 4.92. The highest BCUT2D eigenvalue weighted by atomic mass is 16.2. The molecular formula is C22H23N3O3. The molecule has 3 amide bonds. The molecule has 2 aliphatic heterocycles.